The summed E-state index contributed by atoms with van der Waals surface area (Å²) in [4.78, 5) is 0. The number of hydrogen-bond donors (Lipinski definition) is 2. The van der Waals surface area contributed by atoms with Gasteiger partial charge in [-0.05, 0) is 37.5 Å². The lowest BCUT2D eigenvalue weighted by Crippen LogP contribution is -2.29. The smallest absolute Gasteiger partial charge is 0.0591 e. The van der Waals surface area contributed by atoms with E-state index in [-0.39, 0.29) is 12.2 Å². The van der Waals surface area contributed by atoms with Gasteiger partial charge in [0, 0.05) is 0 Å². The first-order valence-corrected chi connectivity index (χ1v) is 6.97. The largest absolute Gasteiger partial charge is 0.393 e. The second-order valence-corrected chi connectivity index (χ2v) is 5.67. The van der Waals surface area contributed by atoms with Gasteiger partial charge in [0.2, 0.25) is 0 Å². The molecule has 96 valence electrons. The maximum atomic E-state index is 9.45. The summed E-state index contributed by atoms with van der Waals surface area (Å²) < 4.78 is 0. The van der Waals surface area contributed by atoms with Gasteiger partial charge in [-0.2, -0.15) is 0 Å². The van der Waals surface area contributed by atoms with E-state index in [0.29, 0.717) is 11.8 Å². The highest BCUT2D eigenvalue weighted by Gasteiger charge is 2.24. The van der Waals surface area contributed by atoms with E-state index in [1.165, 1.54) is 38.5 Å². The molecule has 2 saturated carbocycles. The fraction of sp³-hybridized carbons (Fsp3) is 1.00. The van der Waals surface area contributed by atoms with E-state index < -0.39 is 0 Å². The fourth-order valence-corrected chi connectivity index (χ4v) is 2.75. The van der Waals surface area contributed by atoms with Crippen molar-refractivity contribution in [2.45, 2.75) is 77.4 Å². The number of hydrogen-bond acceptors (Lipinski definition) is 2. The van der Waals surface area contributed by atoms with E-state index in [1.54, 1.807) is 0 Å². The summed E-state index contributed by atoms with van der Waals surface area (Å²) in [7, 11) is 0. The Morgan fingerprint density at radius 3 is 1.50 bits per heavy atom. The molecule has 2 rings (SSSR count). The highest BCUT2D eigenvalue weighted by Crippen LogP contribution is 2.28. The van der Waals surface area contributed by atoms with Gasteiger partial charge in [-0.1, -0.05) is 39.5 Å². The molecule has 0 amide bonds. The van der Waals surface area contributed by atoms with Gasteiger partial charge < -0.3 is 10.2 Å². The molecule has 0 aromatic carbocycles. The summed E-state index contributed by atoms with van der Waals surface area (Å²) in [6.07, 6.45) is 9.63. The molecule has 0 aliphatic heterocycles. The predicted molar refractivity (Wildman–Crippen MR) is 67.3 cm³/mol. The molecule has 2 aliphatic carbocycles. The monoisotopic (exact) mass is 228 g/mol. The normalized spacial score (nSPS) is 36.4. The molecule has 0 saturated heterocycles. The minimum absolute atomic E-state index is 0.0289. The van der Waals surface area contributed by atoms with Crippen LogP contribution in [0.5, 0.6) is 0 Å². The van der Waals surface area contributed by atoms with Crippen LogP contribution in [-0.4, -0.2) is 22.4 Å². The molecule has 2 aliphatic rings. The van der Waals surface area contributed by atoms with Crippen LogP contribution in [0, 0.1) is 11.8 Å². The van der Waals surface area contributed by atoms with Gasteiger partial charge in [0.15, 0.2) is 0 Å². The van der Waals surface area contributed by atoms with Gasteiger partial charge in [-0.3, -0.25) is 0 Å². The molecule has 2 fully saturated rings. The minimum Gasteiger partial charge on any atom is -0.393 e. The first kappa shape index (κ1) is 14.0. The van der Waals surface area contributed by atoms with Gasteiger partial charge >= 0.3 is 0 Å². The van der Waals surface area contributed by atoms with Crippen LogP contribution in [0.3, 0.4) is 0 Å². The molecule has 2 atom stereocenters. The van der Waals surface area contributed by atoms with E-state index >= 15 is 0 Å². The molecule has 0 heterocycles. The Balaban J connectivity index is 0.000000165. The molecule has 0 spiro atoms. The van der Waals surface area contributed by atoms with Gasteiger partial charge in [0.25, 0.3) is 0 Å². The highest BCUT2D eigenvalue weighted by atomic mass is 16.3. The zero-order valence-corrected chi connectivity index (χ0v) is 10.9. The second kappa shape index (κ2) is 7.29. The third-order valence-electron chi connectivity index (χ3n) is 4.06. The van der Waals surface area contributed by atoms with Crippen molar-refractivity contribution in [2.24, 2.45) is 11.8 Å². The van der Waals surface area contributed by atoms with E-state index in [1.807, 2.05) is 0 Å². The fourth-order valence-electron chi connectivity index (χ4n) is 2.75. The van der Waals surface area contributed by atoms with Crippen LogP contribution in [0.1, 0.15) is 65.2 Å². The van der Waals surface area contributed by atoms with Crippen LogP contribution in [0.4, 0.5) is 0 Å². The first-order valence-electron chi connectivity index (χ1n) is 6.97. The molecule has 2 unspecified atom stereocenters. The number of aliphatic hydroxyl groups is 2. The Morgan fingerprint density at radius 2 is 1.19 bits per heavy atom. The van der Waals surface area contributed by atoms with E-state index in [9.17, 15) is 5.11 Å². The molecular weight excluding hydrogens is 200 g/mol. The lowest BCUT2D eigenvalue weighted by atomic mass is 9.81. The topological polar surface area (TPSA) is 40.5 Å². The van der Waals surface area contributed by atoms with Crippen molar-refractivity contribution in [3.05, 3.63) is 0 Å². The van der Waals surface area contributed by atoms with Gasteiger partial charge in [0.1, 0.15) is 0 Å². The van der Waals surface area contributed by atoms with Crippen LogP contribution >= 0.6 is 0 Å². The second-order valence-electron chi connectivity index (χ2n) is 5.67. The molecule has 0 aromatic rings. The number of aliphatic hydroxyl groups excluding tert-OH is 2. The quantitative estimate of drug-likeness (QED) is 0.669. The van der Waals surface area contributed by atoms with Crippen LogP contribution in [0.15, 0.2) is 0 Å². The summed E-state index contributed by atoms with van der Waals surface area (Å²) in [5.41, 5.74) is 0. The van der Waals surface area contributed by atoms with Crippen molar-refractivity contribution in [3.63, 3.8) is 0 Å². The van der Waals surface area contributed by atoms with Crippen molar-refractivity contribution < 1.29 is 10.2 Å². The van der Waals surface area contributed by atoms with Gasteiger partial charge in [-0.15, -0.1) is 0 Å². The Labute approximate surface area is 100 Å². The average Bonchev–Trinajstić information content (AvgIpc) is 2.28. The third-order valence-corrected chi connectivity index (χ3v) is 4.06. The zero-order valence-electron chi connectivity index (χ0n) is 10.9. The zero-order chi connectivity index (χ0) is 12.0. The molecule has 0 aromatic heterocycles. The van der Waals surface area contributed by atoms with Gasteiger partial charge in [0.05, 0.1) is 12.2 Å². The van der Waals surface area contributed by atoms with Crippen LogP contribution in [0.25, 0.3) is 0 Å². The Kier molecular flexibility index (Phi) is 6.37. The van der Waals surface area contributed by atoms with Crippen molar-refractivity contribution in [2.75, 3.05) is 0 Å². The highest BCUT2D eigenvalue weighted by molar-refractivity contribution is 4.75. The number of rotatable bonds is 0. The van der Waals surface area contributed by atoms with E-state index in [0.717, 1.165) is 12.8 Å². The first-order chi connectivity index (χ1) is 7.61. The Hall–Kier alpha value is -0.0800. The van der Waals surface area contributed by atoms with Crippen molar-refractivity contribution >= 4 is 0 Å². The molecule has 0 bridgehead atoms. The Bertz CT molecular complexity index is 166. The SMILES string of the molecule is CC1CCCC(C)C1O.OC1CCCCC1. The van der Waals surface area contributed by atoms with E-state index in [2.05, 4.69) is 13.8 Å². The predicted octanol–water partition coefficient (Wildman–Crippen LogP) is 3.11. The molecular formula is C14H28O2. The van der Waals surface area contributed by atoms with Crippen LogP contribution in [-0.2, 0) is 0 Å². The van der Waals surface area contributed by atoms with Crippen LogP contribution in [0.2, 0.25) is 0 Å². The third kappa shape index (κ3) is 4.84. The maximum absolute atomic E-state index is 9.45. The van der Waals surface area contributed by atoms with Gasteiger partial charge in [-0.25, -0.2) is 0 Å². The molecule has 2 nitrogen and oxygen atoms in total. The average molecular weight is 228 g/mol. The molecule has 2 heteroatoms. The lowest BCUT2D eigenvalue weighted by Gasteiger charge is -2.29. The van der Waals surface area contributed by atoms with Crippen LogP contribution < -0.4 is 0 Å². The maximum Gasteiger partial charge on any atom is 0.0591 e. The minimum atomic E-state index is -0.0289. The standard InChI is InChI=1S/C8H16O.C6H12O/c1-6-4-3-5-7(2)8(6)9;7-6-4-2-1-3-5-6/h6-9H,3-5H2,1-2H3;6-7H,1-5H2. The summed E-state index contributed by atoms with van der Waals surface area (Å²) in [5.74, 6) is 1.07. The summed E-state index contributed by atoms with van der Waals surface area (Å²) in [5, 5.41) is 18.4. The summed E-state index contributed by atoms with van der Waals surface area (Å²) in [6, 6.07) is 0. The summed E-state index contributed by atoms with van der Waals surface area (Å²) in [6.45, 7) is 4.28. The van der Waals surface area contributed by atoms with E-state index in [4.69, 9.17) is 5.11 Å². The van der Waals surface area contributed by atoms with Crippen molar-refractivity contribution in [3.8, 4) is 0 Å². The molecule has 2 N–H and O–H groups in total. The van der Waals surface area contributed by atoms with Crippen molar-refractivity contribution in [1.82, 2.24) is 0 Å². The summed E-state index contributed by atoms with van der Waals surface area (Å²) >= 11 is 0. The molecule has 0 radical (unpaired) electrons. The lowest BCUT2D eigenvalue weighted by molar-refractivity contribution is 0.0334. The van der Waals surface area contributed by atoms with Crippen molar-refractivity contribution in [1.29, 1.82) is 0 Å². The Morgan fingerprint density at radius 1 is 0.688 bits per heavy atom. The molecule has 16 heavy (non-hydrogen) atoms.